The Morgan fingerprint density at radius 1 is 1.04 bits per heavy atom. The second-order valence-corrected chi connectivity index (χ2v) is 6.36. The maximum absolute atomic E-state index is 12.8. The summed E-state index contributed by atoms with van der Waals surface area (Å²) in [6.07, 6.45) is 5.87. The van der Waals surface area contributed by atoms with E-state index < -0.39 is 0 Å². The maximum Gasteiger partial charge on any atom is 0.254 e. The van der Waals surface area contributed by atoms with Crippen LogP contribution in [0.2, 0.25) is 0 Å². The number of aromatic nitrogens is 1. The largest absolute Gasteiger partial charge is 0.366 e. The Labute approximate surface area is 136 Å². The topological polar surface area (TPSA) is 42.4 Å². The van der Waals surface area contributed by atoms with Crippen LogP contribution in [0.4, 0.5) is 0 Å². The normalized spacial score (nSPS) is 24.4. The number of morpholine rings is 1. The number of hydrogen-bond donors (Lipinski definition) is 0. The molecule has 23 heavy (non-hydrogen) atoms. The summed E-state index contributed by atoms with van der Waals surface area (Å²) < 4.78 is 6.31. The summed E-state index contributed by atoms with van der Waals surface area (Å²) in [5, 5.41) is 0. The minimum absolute atomic E-state index is 0.0404. The van der Waals surface area contributed by atoms with Crippen molar-refractivity contribution < 1.29 is 9.53 Å². The average molecular weight is 308 g/mol. The monoisotopic (exact) mass is 308 g/mol. The molecule has 0 spiro atoms. The number of hydrogen-bond acceptors (Lipinski definition) is 3. The molecule has 2 fully saturated rings. The van der Waals surface area contributed by atoms with Crippen molar-refractivity contribution in [3.63, 3.8) is 0 Å². The van der Waals surface area contributed by atoms with E-state index >= 15 is 0 Å². The van der Waals surface area contributed by atoms with Gasteiger partial charge in [0.15, 0.2) is 0 Å². The minimum Gasteiger partial charge on any atom is -0.366 e. The Morgan fingerprint density at radius 3 is 2.48 bits per heavy atom. The summed E-state index contributed by atoms with van der Waals surface area (Å²) in [6, 6.07) is 13.8. The Kier molecular flexibility index (Phi) is 3.83. The predicted molar refractivity (Wildman–Crippen MR) is 86.9 cm³/mol. The van der Waals surface area contributed by atoms with Crippen molar-refractivity contribution >= 4 is 5.91 Å². The predicted octanol–water partition coefficient (Wildman–Crippen LogP) is 3.07. The lowest BCUT2D eigenvalue weighted by Crippen LogP contribution is -2.47. The van der Waals surface area contributed by atoms with Crippen molar-refractivity contribution in [3.8, 4) is 0 Å². The molecule has 0 unspecified atom stereocenters. The first-order valence-electron chi connectivity index (χ1n) is 8.21. The summed E-state index contributed by atoms with van der Waals surface area (Å²) in [5.41, 5.74) is 1.84. The summed E-state index contributed by atoms with van der Waals surface area (Å²) >= 11 is 0. The first kappa shape index (κ1) is 14.4. The molecule has 1 saturated carbocycles. The number of benzene rings is 1. The fraction of sp³-hybridized carbons (Fsp3) is 0.368. The third-order valence-corrected chi connectivity index (χ3v) is 4.66. The van der Waals surface area contributed by atoms with Gasteiger partial charge < -0.3 is 9.64 Å². The number of carbonyl (C=O) groups is 1. The SMILES string of the molecule is O=C(c1ccncc1)N1C[C@@H](c2ccccc2)O[C@@H](C2CC2)C1. The Balaban J connectivity index is 1.57. The van der Waals surface area contributed by atoms with Gasteiger partial charge in [-0.2, -0.15) is 0 Å². The maximum atomic E-state index is 12.8. The van der Waals surface area contributed by atoms with E-state index in [1.807, 2.05) is 23.1 Å². The van der Waals surface area contributed by atoms with Gasteiger partial charge in [0.1, 0.15) is 6.10 Å². The van der Waals surface area contributed by atoms with Crippen LogP contribution in [0.3, 0.4) is 0 Å². The highest BCUT2D eigenvalue weighted by Gasteiger charge is 2.40. The number of amides is 1. The zero-order valence-corrected chi connectivity index (χ0v) is 13.0. The van der Waals surface area contributed by atoms with Crippen molar-refractivity contribution in [2.24, 2.45) is 5.92 Å². The molecule has 2 atom stereocenters. The highest BCUT2D eigenvalue weighted by atomic mass is 16.5. The quantitative estimate of drug-likeness (QED) is 0.875. The highest BCUT2D eigenvalue weighted by Crippen LogP contribution is 2.39. The fourth-order valence-corrected chi connectivity index (χ4v) is 3.21. The van der Waals surface area contributed by atoms with E-state index in [4.69, 9.17) is 4.74 Å². The van der Waals surface area contributed by atoms with Crippen LogP contribution >= 0.6 is 0 Å². The van der Waals surface area contributed by atoms with Gasteiger partial charge in [-0.05, 0) is 36.5 Å². The number of ether oxygens (including phenoxy) is 1. The lowest BCUT2D eigenvalue weighted by Gasteiger charge is -2.38. The number of carbonyl (C=O) groups excluding carboxylic acids is 1. The molecule has 0 bridgehead atoms. The molecule has 2 aliphatic rings. The van der Waals surface area contributed by atoms with Crippen molar-refractivity contribution in [2.75, 3.05) is 13.1 Å². The fourth-order valence-electron chi connectivity index (χ4n) is 3.21. The molecule has 1 saturated heterocycles. The molecular formula is C19H20N2O2. The van der Waals surface area contributed by atoms with E-state index in [-0.39, 0.29) is 18.1 Å². The number of rotatable bonds is 3. The van der Waals surface area contributed by atoms with Gasteiger partial charge in [0.2, 0.25) is 0 Å². The van der Waals surface area contributed by atoms with Crippen LogP contribution < -0.4 is 0 Å². The molecule has 118 valence electrons. The standard InChI is InChI=1S/C19H20N2O2/c22-19(16-8-10-20-11-9-16)21-12-17(14-4-2-1-3-5-14)23-18(13-21)15-6-7-15/h1-5,8-11,15,17-18H,6-7,12-13H2/t17-,18+/m0/s1. The van der Waals surface area contributed by atoms with E-state index in [2.05, 4.69) is 17.1 Å². The van der Waals surface area contributed by atoms with Gasteiger partial charge in [-0.25, -0.2) is 0 Å². The molecular weight excluding hydrogens is 288 g/mol. The first-order valence-corrected chi connectivity index (χ1v) is 8.21. The molecule has 1 amide bonds. The molecule has 4 heteroatoms. The third-order valence-electron chi connectivity index (χ3n) is 4.66. The van der Waals surface area contributed by atoms with Gasteiger partial charge in [-0.15, -0.1) is 0 Å². The van der Waals surface area contributed by atoms with E-state index in [0.29, 0.717) is 24.6 Å². The molecule has 2 aromatic rings. The van der Waals surface area contributed by atoms with Crippen LogP contribution in [-0.4, -0.2) is 35.0 Å². The molecule has 4 rings (SSSR count). The second-order valence-electron chi connectivity index (χ2n) is 6.36. The first-order chi connectivity index (χ1) is 11.3. The molecule has 4 nitrogen and oxygen atoms in total. The van der Waals surface area contributed by atoms with Gasteiger partial charge >= 0.3 is 0 Å². The summed E-state index contributed by atoms with van der Waals surface area (Å²) in [7, 11) is 0. The van der Waals surface area contributed by atoms with Gasteiger partial charge in [0.25, 0.3) is 5.91 Å². The van der Waals surface area contributed by atoms with Crippen LogP contribution in [-0.2, 0) is 4.74 Å². The van der Waals surface area contributed by atoms with Crippen molar-refractivity contribution in [1.82, 2.24) is 9.88 Å². The van der Waals surface area contributed by atoms with Gasteiger partial charge in [-0.1, -0.05) is 30.3 Å². The summed E-state index contributed by atoms with van der Waals surface area (Å²) in [4.78, 5) is 18.7. The van der Waals surface area contributed by atoms with Crippen molar-refractivity contribution in [2.45, 2.75) is 25.0 Å². The van der Waals surface area contributed by atoms with Crippen molar-refractivity contribution in [3.05, 3.63) is 66.0 Å². The molecule has 2 heterocycles. The lowest BCUT2D eigenvalue weighted by molar-refractivity contribution is -0.0864. The average Bonchev–Trinajstić information content (AvgIpc) is 3.47. The van der Waals surface area contributed by atoms with Crippen molar-refractivity contribution in [1.29, 1.82) is 0 Å². The van der Waals surface area contributed by atoms with Gasteiger partial charge in [0.05, 0.1) is 12.6 Å². The summed E-state index contributed by atoms with van der Waals surface area (Å²) in [6.45, 7) is 1.30. The molecule has 0 N–H and O–H groups in total. The lowest BCUT2D eigenvalue weighted by atomic mass is 10.0. The van der Waals surface area contributed by atoms with E-state index in [1.165, 1.54) is 12.8 Å². The Bertz CT molecular complexity index is 670. The van der Waals surface area contributed by atoms with Gasteiger partial charge in [0, 0.05) is 24.5 Å². The zero-order chi connectivity index (χ0) is 15.6. The smallest absolute Gasteiger partial charge is 0.254 e. The molecule has 0 radical (unpaired) electrons. The number of pyridine rings is 1. The number of nitrogens with zero attached hydrogens (tertiary/aromatic N) is 2. The van der Waals surface area contributed by atoms with Crippen LogP contribution in [0.15, 0.2) is 54.9 Å². The minimum atomic E-state index is -0.0404. The van der Waals surface area contributed by atoms with E-state index in [0.717, 1.165) is 5.56 Å². The zero-order valence-electron chi connectivity index (χ0n) is 13.0. The third kappa shape index (κ3) is 3.13. The Hall–Kier alpha value is -2.20. The Morgan fingerprint density at radius 2 is 1.78 bits per heavy atom. The van der Waals surface area contributed by atoms with Crippen LogP contribution in [0.5, 0.6) is 0 Å². The highest BCUT2D eigenvalue weighted by molar-refractivity contribution is 5.94. The second kappa shape index (κ2) is 6.13. The van der Waals surface area contributed by atoms with Gasteiger partial charge in [-0.3, -0.25) is 9.78 Å². The molecule has 1 aliphatic heterocycles. The molecule has 1 aliphatic carbocycles. The van der Waals surface area contributed by atoms with Crippen LogP contribution in [0.25, 0.3) is 0 Å². The molecule has 1 aromatic heterocycles. The molecule has 1 aromatic carbocycles. The van der Waals surface area contributed by atoms with Crippen LogP contribution in [0.1, 0.15) is 34.9 Å². The van der Waals surface area contributed by atoms with Crippen LogP contribution in [0, 0.1) is 5.92 Å². The summed E-state index contributed by atoms with van der Waals surface area (Å²) in [5.74, 6) is 0.677. The van der Waals surface area contributed by atoms with E-state index in [9.17, 15) is 4.79 Å². The van der Waals surface area contributed by atoms with E-state index in [1.54, 1.807) is 24.5 Å².